The van der Waals surface area contributed by atoms with Gasteiger partial charge in [-0.1, -0.05) is 6.42 Å². The molecule has 0 aromatic carbocycles. The highest BCUT2D eigenvalue weighted by molar-refractivity contribution is 5.73. The second kappa shape index (κ2) is 13.2. The second-order valence-corrected chi connectivity index (χ2v) is 8.61. The summed E-state index contributed by atoms with van der Waals surface area (Å²) in [5.41, 5.74) is 1.19. The van der Waals surface area contributed by atoms with Crippen molar-refractivity contribution < 1.29 is 55.6 Å². The number of hydrogen-bond donors (Lipinski definition) is 2. The lowest BCUT2D eigenvalue weighted by Gasteiger charge is -2.36. The number of fused-ring (bicyclic) bond motifs is 1. The van der Waals surface area contributed by atoms with Gasteiger partial charge in [-0.05, 0) is 49.3 Å². The molecule has 0 unspecified atom stereocenters. The number of alkyl halides is 6. The fourth-order valence-corrected chi connectivity index (χ4v) is 4.05. The maximum absolute atomic E-state index is 10.6. The number of carboxylic acid groups (broad SMARTS) is 2. The molecule has 3 aliphatic rings. The predicted molar refractivity (Wildman–Crippen MR) is 112 cm³/mol. The molecule has 2 aliphatic heterocycles. The number of nitrogens with zero attached hydrogens (tertiary/aromatic N) is 2. The molecule has 1 saturated carbocycles. The average Bonchev–Trinajstić information content (AvgIpc) is 3.13. The molecule has 36 heavy (non-hydrogen) atoms. The molecule has 0 spiro atoms. The maximum atomic E-state index is 10.6. The highest BCUT2D eigenvalue weighted by Gasteiger charge is 2.45. The molecule has 2 saturated heterocycles. The molecule has 0 bridgehead atoms. The molecule has 3 fully saturated rings. The van der Waals surface area contributed by atoms with Gasteiger partial charge in [0, 0.05) is 38.1 Å². The third-order valence-corrected chi connectivity index (χ3v) is 6.00. The van der Waals surface area contributed by atoms with Crippen molar-refractivity contribution in [1.82, 2.24) is 9.88 Å². The van der Waals surface area contributed by atoms with E-state index in [-0.39, 0.29) is 12.2 Å². The van der Waals surface area contributed by atoms with Gasteiger partial charge in [0.2, 0.25) is 0 Å². The zero-order valence-electron chi connectivity index (χ0n) is 19.2. The second-order valence-electron chi connectivity index (χ2n) is 8.61. The number of aliphatic carboxylic acids is 2. The summed E-state index contributed by atoms with van der Waals surface area (Å²) in [6.07, 6.45) is 0.701. The molecule has 4 rings (SSSR count). The lowest BCUT2D eigenvalue weighted by Crippen LogP contribution is -2.43. The van der Waals surface area contributed by atoms with Gasteiger partial charge in [0.15, 0.2) is 0 Å². The van der Waals surface area contributed by atoms with E-state index in [4.69, 9.17) is 29.3 Å². The van der Waals surface area contributed by atoms with Crippen molar-refractivity contribution >= 4 is 11.9 Å². The molecule has 1 aromatic rings. The normalized spacial score (nSPS) is 24.3. The summed E-state index contributed by atoms with van der Waals surface area (Å²) in [5, 5.41) is 14.2. The van der Waals surface area contributed by atoms with Crippen LogP contribution < -0.4 is 0 Å². The van der Waals surface area contributed by atoms with Gasteiger partial charge in [-0.15, -0.1) is 0 Å². The van der Waals surface area contributed by atoms with Gasteiger partial charge >= 0.3 is 24.3 Å². The number of aromatic nitrogens is 1. The van der Waals surface area contributed by atoms with Gasteiger partial charge in [0.25, 0.3) is 0 Å². The van der Waals surface area contributed by atoms with Crippen LogP contribution in [0.25, 0.3) is 0 Å². The number of carboxylic acids is 2. The Kier molecular flexibility index (Phi) is 10.9. The number of rotatable bonds is 5. The van der Waals surface area contributed by atoms with Crippen LogP contribution in [0.5, 0.6) is 0 Å². The first-order valence-electron chi connectivity index (χ1n) is 11.3. The molecule has 3 heterocycles. The van der Waals surface area contributed by atoms with Crippen molar-refractivity contribution in [3.63, 3.8) is 0 Å². The predicted octanol–water partition coefficient (Wildman–Crippen LogP) is 3.90. The summed E-state index contributed by atoms with van der Waals surface area (Å²) in [4.78, 5) is 24.5. The van der Waals surface area contributed by atoms with Crippen LogP contribution in [-0.2, 0) is 25.7 Å². The van der Waals surface area contributed by atoms with E-state index >= 15 is 0 Å². The Labute approximate surface area is 203 Å². The molecule has 0 amide bonds. The van der Waals surface area contributed by atoms with Gasteiger partial charge < -0.3 is 19.7 Å². The van der Waals surface area contributed by atoms with Gasteiger partial charge in [0.1, 0.15) is 6.10 Å². The minimum absolute atomic E-state index is 0.221. The van der Waals surface area contributed by atoms with Gasteiger partial charge in [-0.3, -0.25) is 9.88 Å². The largest absolute Gasteiger partial charge is 0.490 e. The Balaban J connectivity index is 0.000000271. The highest BCUT2D eigenvalue weighted by Crippen LogP contribution is 2.35. The van der Waals surface area contributed by atoms with E-state index < -0.39 is 24.3 Å². The van der Waals surface area contributed by atoms with Crippen LogP contribution in [0.2, 0.25) is 0 Å². The molecule has 2 N–H and O–H groups in total. The van der Waals surface area contributed by atoms with Gasteiger partial charge in [0.05, 0.1) is 12.7 Å². The van der Waals surface area contributed by atoms with Crippen LogP contribution in [0.4, 0.5) is 26.3 Å². The topological polar surface area (TPSA) is 109 Å². The minimum Gasteiger partial charge on any atom is -0.475 e. The number of likely N-dealkylation sites (tertiary alicyclic amines) is 1. The third-order valence-electron chi connectivity index (χ3n) is 6.00. The van der Waals surface area contributed by atoms with E-state index in [2.05, 4.69) is 9.88 Å². The zero-order valence-corrected chi connectivity index (χ0v) is 19.2. The zero-order chi connectivity index (χ0) is 26.9. The van der Waals surface area contributed by atoms with Gasteiger partial charge in [-0.25, -0.2) is 9.59 Å². The van der Waals surface area contributed by atoms with Crippen molar-refractivity contribution in [1.29, 1.82) is 0 Å². The van der Waals surface area contributed by atoms with Crippen LogP contribution in [0.1, 0.15) is 37.7 Å². The molecular weight excluding hydrogens is 502 g/mol. The van der Waals surface area contributed by atoms with Crippen LogP contribution >= 0.6 is 0 Å². The third kappa shape index (κ3) is 9.54. The summed E-state index contributed by atoms with van der Waals surface area (Å²) in [5.74, 6) is -4.60. The first kappa shape index (κ1) is 29.8. The van der Waals surface area contributed by atoms with Crippen LogP contribution in [0.15, 0.2) is 24.5 Å². The maximum Gasteiger partial charge on any atom is 0.490 e. The molecule has 8 nitrogen and oxygen atoms in total. The molecule has 3 atom stereocenters. The van der Waals surface area contributed by atoms with Crippen molar-refractivity contribution in [3.05, 3.63) is 30.1 Å². The molecule has 14 heteroatoms. The van der Waals surface area contributed by atoms with Crippen LogP contribution in [0.3, 0.4) is 0 Å². The molecule has 1 aromatic heterocycles. The molecular formula is C22H28F6N2O6. The van der Waals surface area contributed by atoms with Gasteiger partial charge in [-0.2, -0.15) is 26.3 Å². The van der Waals surface area contributed by atoms with Crippen LogP contribution in [0, 0.1) is 5.92 Å². The monoisotopic (exact) mass is 530 g/mol. The lowest BCUT2D eigenvalue weighted by molar-refractivity contribution is -0.193. The Morgan fingerprint density at radius 1 is 1.00 bits per heavy atom. The first-order chi connectivity index (χ1) is 16.8. The standard InChI is InChI=1S/C18H26N2O2.2C2HF3O2/c1-3-14(4-1)11-20-12-17(18-16(20)5-2-10-21-18)22-13-15-6-8-19-9-7-15;2*3-2(4,5)1(6)7/h6-9,14,16-18H,1-5,10-13H2;2*(H,6,7)/t16-,17+,18+;;/m1../s1. The van der Waals surface area contributed by atoms with E-state index in [0.717, 1.165) is 19.1 Å². The van der Waals surface area contributed by atoms with Crippen molar-refractivity contribution in [2.45, 2.75) is 69.3 Å². The van der Waals surface area contributed by atoms with Crippen molar-refractivity contribution in [2.24, 2.45) is 5.92 Å². The smallest absolute Gasteiger partial charge is 0.475 e. The highest BCUT2D eigenvalue weighted by atomic mass is 19.4. The summed E-state index contributed by atoms with van der Waals surface area (Å²) < 4.78 is 75.8. The Bertz CT molecular complexity index is 811. The molecule has 0 radical (unpaired) electrons. The Morgan fingerprint density at radius 2 is 1.56 bits per heavy atom. The summed E-state index contributed by atoms with van der Waals surface area (Å²) in [6.45, 7) is 3.85. The average molecular weight is 530 g/mol. The quantitative estimate of drug-likeness (QED) is 0.552. The Morgan fingerprint density at radius 3 is 2.03 bits per heavy atom. The molecule has 204 valence electrons. The number of carbonyl (C=O) groups is 2. The number of pyridine rings is 1. The van der Waals surface area contributed by atoms with E-state index in [0.29, 0.717) is 12.6 Å². The lowest BCUT2D eigenvalue weighted by atomic mass is 9.85. The fourth-order valence-electron chi connectivity index (χ4n) is 4.05. The molecule has 1 aliphatic carbocycles. The SMILES string of the molecule is O=C(O)C(F)(F)F.O=C(O)C(F)(F)F.c1cc(CO[C@H]2CN(CC3CCC3)[C@@H]3CCCO[C@H]23)ccn1. The summed E-state index contributed by atoms with van der Waals surface area (Å²) in [6, 6.07) is 4.64. The van der Waals surface area contributed by atoms with E-state index in [1.54, 1.807) is 0 Å². The minimum atomic E-state index is -5.08. The summed E-state index contributed by atoms with van der Waals surface area (Å²) in [7, 11) is 0. The summed E-state index contributed by atoms with van der Waals surface area (Å²) >= 11 is 0. The van der Waals surface area contributed by atoms with Crippen molar-refractivity contribution in [3.8, 4) is 0 Å². The fraction of sp³-hybridized carbons (Fsp3) is 0.682. The van der Waals surface area contributed by atoms with E-state index in [1.807, 2.05) is 24.5 Å². The number of halogens is 6. The van der Waals surface area contributed by atoms with E-state index in [9.17, 15) is 26.3 Å². The van der Waals surface area contributed by atoms with Crippen LogP contribution in [-0.4, -0.2) is 82.3 Å². The number of ether oxygens (including phenoxy) is 2. The number of hydrogen-bond acceptors (Lipinski definition) is 6. The first-order valence-corrected chi connectivity index (χ1v) is 11.3. The van der Waals surface area contributed by atoms with Crippen molar-refractivity contribution in [2.75, 3.05) is 19.7 Å². The van der Waals surface area contributed by atoms with E-state index in [1.165, 1.54) is 44.2 Å². The Hall–Kier alpha value is -2.45.